The van der Waals surface area contributed by atoms with Crippen molar-refractivity contribution in [2.24, 2.45) is 38.6 Å². The molecule has 4 aromatic heterocycles. The number of hydrogen-bond acceptors (Lipinski definition) is 25. The van der Waals surface area contributed by atoms with Crippen molar-refractivity contribution in [3.63, 3.8) is 0 Å². The number of carboxylic acids is 2. The molecule has 0 saturated carbocycles. The molecule has 36 heteroatoms. The molecule has 610 valence electrons. The van der Waals surface area contributed by atoms with Crippen molar-refractivity contribution in [3.8, 4) is 0 Å². The van der Waals surface area contributed by atoms with Crippen molar-refractivity contribution in [3.05, 3.63) is 102 Å². The highest BCUT2D eigenvalue weighted by Gasteiger charge is 2.40. The number of aliphatic hydroxyl groups excluding tert-OH is 1. The summed E-state index contributed by atoms with van der Waals surface area (Å²) in [4.78, 5) is 181. The van der Waals surface area contributed by atoms with Gasteiger partial charge in [0.2, 0.25) is 23.7 Å². The Morgan fingerprint density at radius 1 is 0.805 bits per heavy atom. The van der Waals surface area contributed by atoms with Crippen LogP contribution in [0.5, 0.6) is 0 Å². The van der Waals surface area contributed by atoms with Crippen LogP contribution in [0.2, 0.25) is 0 Å². The Balaban J connectivity index is 0.809. The lowest BCUT2D eigenvalue weighted by Gasteiger charge is -2.28. The highest BCUT2D eigenvalue weighted by atomic mass is 33.1. The van der Waals surface area contributed by atoms with E-state index in [1.165, 1.54) is 43.2 Å². The van der Waals surface area contributed by atoms with Crippen molar-refractivity contribution in [1.82, 2.24) is 56.7 Å². The number of aliphatic carboxylic acids is 2. The molecule has 8 rings (SSSR count). The van der Waals surface area contributed by atoms with Crippen LogP contribution in [0.25, 0.3) is 28.9 Å². The number of rotatable bonds is 40. The highest BCUT2D eigenvalue weighted by molar-refractivity contribution is 8.76. The summed E-state index contributed by atoms with van der Waals surface area (Å²) in [5, 5.41) is 41.2. The number of nitrogens with two attached hydrogens (primary N) is 1. The number of hydrogen-bond donors (Lipinski definition) is 13. The molecule has 0 fully saturated rings. The minimum absolute atomic E-state index is 0.000601. The standard InChI is InChI=1S/C77H102N16O18S2/c1-11-14-47(23-29-111-77(9,13-3)25-27-94)83-71(101)65-43(7)56-35-57-49(12-2)40(4)53(84-57)36-58-64(44(8)95)42(6)55(85-58)34-54-41(5)50(66(87-54)51(67(65)88-56)33-63(99)108-10)19-21-62(98)92-93-76(107)110-31-32-112-113-39-59(74(105)106)86-61(97)24-28-109-30-26-79-60(96)22-20-52(73(103)104)89-70(100)45-15-17-46(18-16-45)80-37-48-38-81-69-68(82-48)72(102)91-75(78)90-69/h15-18,34,36,38,40-41,49-50,52,57,59,80,85,88,94H,11-14,19-33,35,37,39H2,1-10H3,(H,79,96)(H,86,97)(H,89,100)(H,92,98)(H,93,107)(H,103,104)(H,105,106)(H3,78,81,90,91,102)/b55-34-,58-36-,66-51-,83-47+/t40-,41+,49-,50+,52+,57?,59+,77?/m1/s1. The summed E-state index contributed by atoms with van der Waals surface area (Å²) in [6, 6.07) is 3.17. The molecule has 1 aromatic carbocycles. The van der Waals surface area contributed by atoms with Crippen molar-refractivity contribution in [1.29, 1.82) is 0 Å². The van der Waals surface area contributed by atoms with Gasteiger partial charge < -0.3 is 71.2 Å². The average molecular weight is 1600 g/mol. The lowest BCUT2D eigenvalue weighted by Crippen LogP contribution is -2.42. The zero-order valence-electron chi connectivity index (χ0n) is 65.2. The largest absolute Gasteiger partial charge is 0.480 e. The number of carbonyl (C=O) groups excluding carboxylic acids is 8. The Morgan fingerprint density at radius 2 is 1.55 bits per heavy atom. The van der Waals surface area contributed by atoms with E-state index >= 15 is 4.79 Å². The third-order valence-electron chi connectivity index (χ3n) is 20.2. The number of nitrogens with one attached hydrogen (secondary N) is 9. The second-order valence-corrected chi connectivity index (χ2v) is 30.7. The van der Waals surface area contributed by atoms with Gasteiger partial charge in [-0.3, -0.25) is 58.8 Å². The van der Waals surface area contributed by atoms with E-state index in [-0.39, 0.29) is 148 Å². The predicted octanol–water partition coefficient (Wildman–Crippen LogP) is 5.68. The molecule has 0 saturated heterocycles. The van der Waals surface area contributed by atoms with Gasteiger partial charge in [0.25, 0.3) is 17.4 Å². The van der Waals surface area contributed by atoms with Gasteiger partial charge in [0, 0.05) is 125 Å². The molecule has 3 aliphatic rings. The SMILES string of the molecule is CCC/C(CCOC(C)(CC)CCO)=N\C(=O)c1c2[nH]c(c1C)CC1N=C(/C=c3\[nH]/c(c(C)c3C(C)=O)=C\C3=NC(=C\2CC(=O)OC)/[C@@H](CCC(=O)NNC(=O)OCCSSC[C@H](NC(=O)CCOCCNC(=O)CC[C@H](NC(=O)c2ccc(NCc4cnc5nc(N)[nH]c(=O)c5n4)cc2)C(=O)O)C(=O)O)[C@@H]3C)[C@H](C)[C@H]1CC. The molecule has 34 nitrogen and oxygen atoms in total. The number of hydrazine groups is 1. The number of aromatic nitrogens is 6. The smallest absolute Gasteiger partial charge is 0.426 e. The number of methoxy groups -OCH3 is 1. The number of nitrogens with zero attached hydrogens (tertiary/aromatic N) is 6. The van der Waals surface area contributed by atoms with E-state index in [1.54, 1.807) is 12.1 Å². The number of carbonyl (C=O) groups is 10. The number of benzene rings is 1. The van der Waals surface area contributed by atoms with Crippen LogP contribution in [0.15, 0.2) is 55.9 Å². The minimum Gasteiger partial charge on any atom is -0.480 e. The number of ether oxygens (including phenoxy) is 4. The Kier molecular flexibility index (Phi) is 32.7. The molecule has 8 atom stereocenters. The fraction of sp³-hybridized carbons (Fsp3) is 0.519. The Labute approximate surface area is 660 Å². The first-order valence-corrected chi connectivity index (χ1v) is 40.2. The topological polar surface area (TPSA) is 507 Å². The van der Waals surface area contributed by atoms with E-state index in [4.69, 9.17) is 39.7 Å². The Hall–Kier alpha value is -10.4. The van der Waals surface area contributed by atoms with Crippen LogP contribution in [-0.2, 0) is 60.7 Å². The third-order valence-corrected chi connectivity index (χ3v) is 22.6. The van der Waals surface area contributed by atoms with Crippen LogP contribution >= 0.6 is 21.6 Å². The molecule has 5 aromatic rings. The maximum Gasteiger partial charge on any atom is 0.426 e. The Bertz CT molecular complexity index is 4670. The molecule has 14 N–H and O–H groups in total. The zero-order chi connectivity index (χ0) is 82.2. The number of aliphatic hydroxyl groups is 1. The van der Waals surface area contributed by atoms with E-state index in [1.807, 2.05) is 53.7 Å². The number of fused-ring (bicyclic) bond motifs is 7. The fourth-order valence-corrected chi connectivity index (χ4v) is 15.7. The summed E-state index contributed by atoms with van der Waals surface area (Å²) >= 11 is 0. The van der Waals surface area contributed by atoms with Gasteiger partial charge in [-0.1, -0.05) is 69.0 Å². The second-order valence-electron chi connectivity index (χ2n) is 28.1. The quantitative estimate of drug-likeness (QED) is 0.00560. The lowest BCUT2D eigenvalue weighted by atomic mass is 9.83. The molecular weight excluding hydrogens is 1500 g/mol. The van der Waals surface area contributed by atoms with E-state index in [2.05, 4.69) is 75.9 Å². The Morgan fingerprint density at radius 3 is 2.24 bits per heavy atom. The first kappa shape index (κ1) is 88.1. The van der Waals surface area contributed by atoms with Gasteiger partial charge in [-0.15, -0.1) is 0 Å². The zero-order valence-corrected chi connectivity index (χ0v) is 66.8. The van der Waals surface area contributed by atoms with Crippen LogP contribution in [-0.4, -0.2) is 204 Å². The van der Waals surface area contributed by atoms with Gasteiger partial charge in [0.15, 0.2) is 16.9 Å². The van der Waals surface area contributed by atoms with E-state index in [9.17, 15) is 63.3 Å². The van der Waals surface area contributed by atoms with Crippen molar-refractivity contribution in [2.75, 3.05) is 69.2 Å². The van der Waals surface area contributed by atoms with Crippen LogP contribution < -0.4 is 54.1 Å². The van der Waals surface area contributed by atoms with Crippen molar-refractivity contribution in [2.45, 2.75) is 176 Å². The normalized spacial score (nSPS) is 18.9. The molecule has 2 unspecified atom stereocenters. The molecule has 6 amide bonds. The van der Waals surface area contributed by atoms with Crippen molar-refractivity contribution < 1.29 is 82.2 Å². The maximum absolute atomic E-state index is 15.2. The third kappa shape index (κ3) is 24.3. The number of ketones is 1. The lowest BCUT2D eigenvalue weighted by molar-refractivity contribution is -0.141. The van der Waals surface area contributed by atoms with Gasteiger partial charge in [0.05, 0.1) is 85.7 Å². The summed E-state index contributed by atoms with van der Waals surface area (Å²) in [7, 11) is 3.54. The summed E-state index contributed by atoms with van der Waals surface area (Å²) in [5.41, 5.74) is 16.2. The summed E-state index contributed by atoms with van der Waals surface area (Å²) in [5.74, 6) is -7.31. The van der Waals surface area contributed by atoms with Gasteiger partial charge in [-0.05, 0) is 113 Å². The highest BCUT2D eigenvalue weighted by Crippen LogP contribution is 2.43. The molecule has 0 aliphatic carbocycles. The van der Waals surface area contributed by atoms with Crippen LogP contribution in [0.3, 0.4) is 0 Å². The number of aliphatic imine (C=N–C) groups is 3. The number of carboxylic acid groups (broad SMARTS) is 2. The molecule has 8 bridgehead atoms. The first-order valence-electron chi connectivity index (χ1n) is 37.7. The van der Waals surface area contributed by atoms with Gasteiger partial charge in [0.1, 0.15) is 18.7 Å². The first-order chi connectivity index (χ1) is 54.0. The predicted molar refractivity (Wildman–Crippen MR) is 427 cm³/mol. The number of anilines is 2. The van der Waals surface area contributed by atoms with E-state index < -0.39 is 88.6 Å². The summed E-state index contributed by atoms with van der Waals surface area (Å²) in [6.07, 6.45) is 6.98. The number of aromatic amines is 3. The average Bonchev–Trinajstić information content (AvgIpc) is 1.58. The molecule has 0 radical (unpaired) electrons. The number of nitrogen functional groups attached to an aromatic ring is 1. The number of Topliss-reactive ketones (excluding diaryl/α,β-unsaturated/α-hetero) is 1. The molecule has 113 heavy (non-hydrogen) atoms. The van der Waals surface area contributed by atoms with Gasteiger partial charge >= 0.3 is 24.0 Å². The number of esters is 1. The van der Waals surface area contributed by atoms with Crippen molar-refractivity contribution >= 4 is 139 Å². The second kappa shape index (κ2) is 41.9. The van der Waals surface area contributed by atoms with E-state index in [0.717, 1.165) is 22.9 Å². The molecular formula is C77H102N16O18S2. The number of H-pyrrole nitrogens is 3. The maximum atomic E-state index is 15.2. The number of amides is 6. The molecule has 7 heterocycles. The fourth-order valence-electron chi connectivity index (χ4n) is 13.7. The van der Waals surface area contributed by atoms with Gasteiger partial charge in [-0.2, -0.15) is 4.98 Å². The van der Waals surface area contributed by atoms with Crippen LogP contribution in [0.1, 0.15) is 185 Å². The molecule has 3 aliphatic heterocycles. The summed E-state index contributed by atoms with van der Waals surface area (Å²) < 4.78 is 22.4. The molecule has 0 spiro atoms. The number of allylic oxidation sites excluding steroid dienone is 1. The van der Waals surface area contributed by atoms with Gasteiger partial charge in [-0.25, -0.2) is 34.8 Å². The summed E-state index contributed by atoms with van der Waals surface area (Å²) in [6.45, 7) is 17.4. The van der Waals surface area contributed by atoms with Crippen LogP contribution in [0.4, 0.5) is 16.4 Å². The minimum atomic E-state index is -1.40. The monoisotopic (exact) mass is 1600 g/mol. The van der Waals surface area contributed by atoms with E-state index in [0.29, 0.717) is 111 Å². The van der Waals surface area contributed by atoms with Crippen LogP contribution in [0, 0.1) is 37.5 Å².